The summed E-state index contributed by atoms with van der Waals surface area (Å²) >= 11 is 0. The Labute approximate surface area is 178 Å². The maximum absolute atomic E-state index is 6.07. The lowest BCUT2D eigenvalue weighted by molar-refractivity contribution is 0.271. The summed E-state index contributed by atoms with van der Waals surface area (Å²) in [6.07, 6.45) is 1.02. The fraction of sp³-hybridized carbons (Fsp3) is 0.269. The second-order valence-corrected chi connectivity index (χ2v) is 7.57. The number of para-hydroxylation sites is 2. The predicted molar refractivity (Wildman–Crippen MR) is 121 cm³/mol. The Bertz CT molecular complexity index is 1130. The Morgan fingerprint density at radius 3 is 2.47 bits per heavy atom. The number of aromatic nitrogens is 2. The third-order valence-electron chi connectivity index (χ3n) is 5.34. The summed E-state index contributed by atoms with van der Waals surface area (Å²) in [5.41, 5.74) is 5.78. The van der Waals surface area contributed by atoms with Gasteiger partial charge in [-0.1, -0.05) is 48.9 Å². The van der Waals surface area contributed by atoms with Gasteiger partial charge in [-0.15, -0.1) is 0 Å². The highest BCUT2D eigenvalue weighted by Crippen LogP contribution is 2.21. The molecule has 30 heavy (non-hydrogen) atoms. The van der Waals surface area contributed by atoms with Crippen LogP contribution in [0.3, 0.4) is 0 Å². The van der Waals surface area contributed by atoms with Crippen LogP contribution in [0.2, 0.25) is 0 Å². The van der Waals surface area contributed by atoms with Crippen LogP contribution in [0.5, 0.6) is 11.5 Å². The van der Waals surface area contributed by atoms with Gasteiger partial charge in [0.1, 0.15) is 30.5 Å². The molecule has 1 heterocycles. The predicted octanol–water partition coefficient (Wildman–Crippen LogP) is 5.87. The van der Waals surface area contributed by atoms with Crippen molar-refractivity contribution in [2.75, 3.05) is 6.61 Å². The minimum atomic E-state index is 0.420. The number of hydrogen-bond donors (Lipinski definition) is 0. The van der Waals surface area contributed by atoms with Crippen molar-refractivity contribution >= 4 is 11.0 Å². The zero-order valence-corrected chi connectivity index (χ0v) is 17.9. The molecule has 0 N–H and O–H groups in total. The number of imidazole rings is 1. The van der Waals surface area contributed by atoms with Crippen LogP contribution in [0.1, 0.15) is 29.4 Å². The standard InChI is InChI=1S/C26H28N2O2/c1-4-21-10-12-22(13-11-21)30-18-26-27-23-7-5-6-8-24(23)28(26)15-16-29-25-14-9-19(2)17-20(25)3/h5-14,17H,4,15-16,18H2,1-3H3. The van der Waals surface area contributed by atoms with Crippen molar-refractivity contribution in [2.24, 2.45) is 0 Å². The van der Waals surface area contributed by atoms with E-state index in [0.29, 0.717) is 19.8 Å². The highest BCUT2D eigenvalue weighted by atomic mass is 16.5. The van der Waals surface area contributed by atoms with E-state index < -0.39 is 0 Å². The normalized spacial score (nSPS) is 11.0. The molecule has 0 spiro atoms. The first-order valence-corrected chi connectivity index (χ1v) is 10.5. The van der Waals surface area contributed by atoms with Gasteiger partial charge < -0.3 is 14.0 Å². The quantitative estimate of drug-likeness (QED) is 0.371. The average Bonchev–Trinajstić information content (AvgIpc) is 3.12. The number of benzene rings is 3. The van der Waals surface area contributed by atoms with E-state index in [4.69, 9.17) is 14.5 Å². The van der Waals surface area contributed by atoms with E-state index in [0.717, 1.165) is 40.3 Å². The molecule has 4 nitrogen and oxygen atoms in total. The zero-order chi connectivity index (χ0) is 20.9. The van der Waals surface area contributed by atoms with E-state index in [9.17, 15) is 0 Å². The summed E-state index contributed by atoms with van der Waals surface area (Å²) in [6.45, 7) is 8.03. The molecule has 0 saturated carbocycles. The monoisotopic (exact) mass is 400 g/mol. The molecule has 0 aliphatic rings. The van der Waals surface area contributed by atoms with Crippen LogP contribution in [0.15, 0.2) is 66.7 Å². The zero-order valence-electron chi connectivity index (χ0n) is 17.9. The van der Waals surface area contributed by atoms with Crippen LogP contribution in [0.4, 0.5) is 0 Å². The lowest BCUT2D eigenvalue weighted by atomic mass is 10.1. The van der Waals surface area contributed by atoms with Gasteiger partial charge in [0.25, 0.3) is 0 Å². The Morgan fingerprint density at radius 1 is 0.900 bits per heavy atom. The molecule has 0 saturated heterocycles. The fourth-order valence-corrected chi connectivity index (χ4v) is 3.66. The fourth-order valence-electron chi connectivity index (χ4n) is 3.66. The first-order chi connectivity index (χ1) is 14.6. The Hall–Kier alpha value is -3.27. The van der Waals surface area contributed by atoms with Gasteiger partial charge in [-0.25, -0.2) is 4.98 Å². The van der Waals surface area contributed by atoms with Crippen molar-refractivity contribution in [1.82, 2.24) is 9.55 Å². The topological polar surface area (TPSA) is 36.3 Å². The number of hydrogen-bond acceptors (Lipinski definition) is 3. The highest BCUT2D eigenvalue weighted by Gasteiger charge is 2.12. The smallest absolute Gasteiger partial charge is 0.148 e. The molecule has 0 amide bonds. The molecule has 4 heteroatoms. The summed E-state index contributed by atoms with van der Waals surface area (Å²) < 4.78 is 14.3. The van der Waals surface area contributed by atoms with Crippen molar-refractivity contribution in [2.45, 2.75) is 40.3 Å². The third-order valence-corrected chi connectivity index (χ3v) is 5.34. The first-order valence-electron chi connectivity index (χ1n) is 10.5. The molecule has 0 fully saturated rings. The van der Waals surface area contributed by atoms with Crippen LogP contribution in [0.25, 0.3) is 11.0 Å². The van der Waals surface area contributed by atoms with E-state index in [1.807, 2.05) is 36.4 Å². The summed E-state index contributed by atoms with van der Waals surface area (Å²) in [5.74, 6) is 2.69. The molecule has 4 rings (SSSR count). The van der Waals surface area contributed by atoms with Crippen molar-refractivity contribution in [1.29, 1.82) is 0 Å². The van der Waals surface area contributed by atoms with Crippen LogP contribution in [-0.2, 0) is 19.6 Å². The molecule has 4 aromatic rings. The Morgan fingerprint density at radius 2 is 1.70 bits per heavy atom. The largest absolute Gasteiger partial charge is 0.491 e. The van der Waals surface area contributed by atoms with Gasteiger partial charge >= 0.3 is 0 Å². The minimum absolute atomic E-state index is 0.420. The highest BCUT2D eigenvalue weighted by molar-refractivity contribution is 5.75. The molecule has 0 radical (unpaired) electrons. The van der Waals surface area contributed by atoms with Crippen molar-refractivity contribution in [3.8, 4) is 11.5 Å². The molecule has 0 atom stereocenters. The SMILES string of the molecule is CCc1ccc(OCc2nc3ccccc3n2CCOc2ccc(C)cc2C)cc1. The molecular weight excluding hydrogens is 372 g/mol. The van der Waals surface area contributed by atoms with Crippen molar-refractivity contribution in [3.63, 3.8) is 0 Å². The molecule has 0 aliphatic heterocycles. The van der Waals surface area contributed by atoms with Crippen LogP contribution >= 0.6 is 0 Å². The molecule has 0 aliphatic carbocycles. The summed E-state index contributed by atoms with van der Waals surface area (Å²) in [4.78, 5) is 4.80. The molecule has 0 bridgehead atoms. The van der Waals surface area contributed by atoms with E-state index in [1.165, 1.54) is 11.1 Å². The Balaban J connectivity index is 1.49. The number of nitrogens with zero attached hydrogens (tertiary/aromatic N) is 2. The van der Waals surface area contributed by atoms with Crippen molar-refractivity contribution < 1.29 is 9.47 Å². The van der Waals surface area contributed by atoms with Crippen LogP contribution in [0, 0.1) is 13.8 Å². The van der Waals surface area contributed by atoms with Crippen LogP contribution in [-0.4, -0.2) is 16.2 Å². The molecular formula is C26H28N2O2. The molecule has 3 aromatic carbocycles. The number of fused-ring (bicyclic) bond motifs is 1. The van der Waals surface area contributed by atoms with Gasteiger partial charge in [-0.05, 0) is 61.7 Å². The average molecular weight is 401 g/mol. The van der Waals surface area contributed by atoms with E-state index in [2.05, 4.69) is 55.7 Å². The first kappa shape index (κ1) is 20.0. The van der Waals surface area contributed by atoms with E-state index >= 15 is 0 Å². The van der Waals surface area contributed by atoms with E-state index in [-0.39, 0.29) is 0 Å². The van der Waals surface area contributed by atoms with Crippen molar-refractivity contribution in [3.05, 3.63) is 89.2 Å². The summed E-state index contributed by atoms with van der Waals surface area (Å²) in [6, 6.07) is 22.7. The molecule has 0 unspecified atom stereocenters. The van der Waals surface area contributed by atoms with Gasteiger partial charge in [0.15, 0.2) is 0 Å². The lowest BCUT2D eigenvalue weighted by Gasteiger charge is -2.13. The molecule has 154 valence electrons. The second kappa shape index (κ2) is 9.04. The second-order valence-electron chi connectivity index (χ2n) is 7.57. The Kier molecular flexibility index (Phi) is 6.03. The minimum Gasteiger partial charge on any atom is -0.491 e. The molecule has 1 aromatic heterocycles. The van der Waals surface area contributed by atoms with Gasteiger partial charge in [-0.3, -0.25) is 0 Å². The number of ether oxygens (including phenoxy) is 2. The van der Waals surface area contributed by atoms with Gasteiger partial charge in [-0.2, -0.15) is 0 Å². The number of rotatable bonds is 8. The summed E-state index contributed by atoms with van der Waals surface area (Å²) in [7, 11) is 0. The maximum atomic E-state index is 6.07. The van der Waals surface area contributed by atoms with Crippen LogP contribution < -0.4 is 9.47 Å². The van der Waals surface area contributed by atoms with E-state index in [1.54, 1.807) is 0 Å². The maximum Gasteiger partial charge on any atom is 0.148 e. The van der Waals surface area contributed by atoms with Gasteiger partial charge in [0.05, 0.1) is 17.6 Å². The van der Waals surface area contributed by atoms with Gasteiger partial charge in [0, 0.05) is 0 Å². The van der Waals surface area contributed by atoms with Gasteiger partial charge in [0.2, 0.25) is 0 Å². The lowest BCUT2D eigenvalue weighted by Crippen LogP contribution is -2.13. The number of aryl methyl sites for hydroxylation is 3. The third kappa shape index (κ3) is 4.48. The summed E-state index contributed by atoms with van der Waals surface area (Å²) in [5, 5.41) is 0.